The van der Waals surface area contributed by atoms with Crippen LogP contribution in [0.5, 0.6) is 5.75 Å². The Morgan fingerprint density at radius 1 is 1.21 bits per heavy atom. The highest BCUT2D eigenvalue weighted by molar-refractivity contribution is 7.92. The third kappa shape index (κ3) is 4.63. The van der Waals surface area contributed by atoms with E-state index in [-0.39, 0.29) is 11.9 Å². The van der Waals surface area contributed by atoms with Crippen molar-refractivity contribution in [3.63, 3.8) is 0 Å². The number of nitrogens with zero attached hydrogens (tertiary/aromatic N) is 1. The van der Waals surface area contributed by atoms with Crippen LogP contribution in [0.1, 0.15) is 39.0 Å². The molecule has 0 spiro atoms. The second kappa shape index (κ2) is 7.88. The summed E-state index contributed by atoms with van der Waals surface area (Å²) in [6.07, 6.45) is 6.44. The predicted octanol–water partition coefficient (Wildman–Crippen LogP) is 2.30. The van der Waals surface area contributed by atoms with E-state index < -0.39 is 16.1 Å². The van der Waals surface area contributed by atoms with Gasteiger partial charge in [-0.05, 0) is 44.0 Å². The molecule has 134 valence electrons. The molecule has 0 bridgehead atoms. The molecule has 1 fully saturated rings. The minimum atomic E-state index is -3.59. The number of carbonyl (C=O) groups is 1. The Morgan fingerprint density at radius 2 is 1.79 bits per heavy atom. The van der Waals surface area contributed by atoms with Gasteiger partial charge in [-0.3, -0.25) is 9.10 Å². The van der Waals surface area contributed by atoms with Gasteiger partial charge in [0.05, 0.1) is 19.1 Å². The van der Waals surface area contributed by atoms with E-state index in [1.807, 2.05) is 0 Å². The van der Waals surface area contributed by atoms with Gasteiger partial charge in [0.1, 0.15) is 11.8 Å². The first-order chi connectivity index (χ1) is 11.3. The number of rotatable bonds is 6. The molecule has 1 aliphatic rings. The number of sulfonamides is 1. The molecule has 1 aromatic carbocycles. The molecule has 1 saturated carbocycles. The fourth-order valence-electron chi connectivity index (χ4n) is 3.11. The third-order valence-electron chi connectivity index (χ3n) is 4.37. The van der Waals surface area contributed by atoms with Crippen molar-refractivity contribution in [3.8, 4) is 5.75 Å². The van der Waals surface area contributed by atoms with E-state index in [9.17, 15) is 13.2 Å². The first-order valence-electron chi connectivity index (χ1n) is 8.27. The number of ether oxygens (including phenoxy) is 1. The van der Waals surface area contributed by atoms with Crippen molar-refractivity contribution < 1.29 is 17.9 Å². The van der Waals surface area contributed by atoms with E-state index in [1.165, 1.54) is 6.42 Å². The fraction of sp³-hybridized carbons (Fsp3) is 0.588. The van der Waals surface area contributed by atoms with Crippen LogP contribution in [0.15, 0.2) is 24.3 Å². The lowest BCUT2D eigenvalue weighted by Gasteiger charge is -2.30. The van der Waals surface area contributed by atoms with Gasteiger partial charge in [0.25, 0.3) is 0 Å². The lowest BCUT2D eigenvalue weighted by molar-refractivity contribution is -0.122. The van der Waals surface area contributed by atoms with Crippen LogP contribution in [-0.2, 0) is 14.8 Å². The number of nitrogens with one attached hydrogen (secondary N) is 1. The molecule has 0 saturated heterocycles. The maximum absolute atomic E-state index is 12.6. The van der Waals surface area contributed by atoms with Gasteiger partial charge in [0, 0.05) is 6.04 Å². The second-order valence-electron chi connectivity index (χ2n) is 6.28. The van der Waals surface area contributed by atoms with Crippen LogP contribution in [0.3, 0.4) is 0 Å². The average molecular weight is 354 g/mol. The molecule has 2 rings (SSSR count). The number of amides is 1. The standard InChI is InChI=1S/C17H26N2O4S/c1-13(17(20)18-14-7-5-4-6-8-14)19(24(3,21)22)15-9-11-16(23-2)12-10-15/h9-14H,4-8H2,1-3H3,(H,18,20). The summed E-state index contributed by atoms with van der Waals surface area (Å²) in [6, 6.07) is 5.98. The molecule has 1 unspecified atom stereocenters. The molecule has 0 aromatic heterocycles. The number of hydrogen-bond acceptors (Lipinski definition) is 4. The van der Waals surface area contributed by atoms with Gasteiger partial charge in [-0.1, -0.05) is 19.3 Å². The first-order valence-corrected chi connectivity index (χ1v) is 10.1. The predicted molar refractivity (Wildman–Crippen MR) is 94.8 cm³/mol. The number of anilines is 1. The molecular formula is C17H26N2O4S. The van der Waals surface area contributed by atoms with E-state index in [2.05, 4.69) is 5.32 Å². The summed E-state index contributed by atoms with van der Waals surface area (Å²) < 4.78 is 30.7. The highest BCUT2D eigenvalue weighted by Gasteiger charge is 2.30. The topological polar surface area (TPSA) is 75.7 Å². The molecule has 0 aliphatic heterocycles. The summed E-state index contributed by atoms with van der Waals surface area (Å²) in [5, 5.41) is 2.99. The molecule has 24 heavy (non-hydrogen) atoms. The van der Waals surface area contributed by atoms with Crippen molar-refractivity contribution in [2.75, 3.05) is 17.7 Å². The summed E-state index contributed by atoms with van der Waals surface area (Å²) in [5.41, 5.74) is 0.449. The molecule has 7 heteroatoms. The number of hydrogen-bond donors (Lipinski definition) is 1. The van der Waals surface area contributed by atoms with Crippen LogP contribution in [0, 0.1) is 0 Å². The maximum Gasteiger partial charge on any atom is 0.243 e. The van der Waals surface area contributed by atoms with Crippen LogP contribution >= 0.6 is 0 Å². The highest BCUT2D eigenvalue weighted by Crippen LogP contribution is 2.24. The van der Waals surface area contributed by atoms with Crippen molar-refractivity contribution in [2.24, 2.45) is 0 Å². The monoisotopic (exact) mass is 354 g/mol. The lowest BCUT2D eigenvalue weighted by Crippen LogP contribution is -2.50. The molecule has 1 atom stereocenters. The van der Waals surface area contributed by atoms with Gasteiger partial charge in [-0.15, -0.1) is 0 Å². The van der Waals surface area contributed by atoms with Gasteiger partial charge in [-0.2, -0.15) is 0 Å². The SMILES string of the molecule is COc1ccc(N(C(C)C(=O)NC2CCCCC2)S(C)(=O)=O)cc1. The van der Waals surface area contributed by atoms with Gasteiger partial charge in [0.15, 0.2) is 0 Å². The van der Waals surface area contributed by atoms with E-state index >= 15 is 0 Å². The van der Waals surface area contributed by atoms with E-state index in [0.717, 1.165) is 36.2 Å². The van der Waals surface area contributed by atoms with Crippen LogP contribution in [0.25, 0.3) is 0 Å². The molecule has 1 N–H and O–H groups in total. The zero-order valence-corrected chi connectivity index (χ0v) is 15.3. The van der Waals surface area contributed by atoms with Crippen molar-refractivity contribution in [1.82, 2.24) is 5.32 Å². The number of methoxy groups -OCH3 is 1. The number of benzene rings is 1. The van der Waals surface area contributed by atoms with Gasteiger partial charge in [0.2, 0.25) is 15.9 Å². The Labute approximate surface area is 144 Å². The van der Waals surface area contributed by atoms with Gasteiger partial charge >= 0.3 is 0 Å². The van der Waals surface area contributed by atoms with E-state index in [4.69, 9.17) is 4.74 Å². The minimum Gasteiger partial charge on any atom is -0.497 e. The van der Waals surface area contributed by atoms with Gasteiger partial charge < -0.3 is 10.1 Å². The Hall–Kier alpha value is -1.76. The molecule has 0 heterocycles. The van der Waals surface area contributed by atoms with Crippen LogP contribution < -0.4 is 14.4 Å². The molecule has 6 nitrogen and oxygen atoms in total. The minimum absolute atomic E-state index is 0.144. The Kier molecular flexibility index (Phi) is 6.10. The Morgan fingerprint density at radius 3 is 2.29 bits per heavy atom. The maximum atomic E-state index is 12.6. The molecular weight excluding hydrogens is 328 g/mol. The smallest absolute Gasteiger partial charge is 0.243 e. The lowest BCUT2D eigenvalue weighted by atomic mass is 9.95. The largest absolute Gasteiger partial charge is 0.497 e. The summed E-state index contributed by atoms with van der Waals surface area (Å²) in [7, 11) is -2.05. The van der Waals surface area contributed by atoms with Crippen molar-refractivity contribution in [3.05, 3.63) is 24.3 Å². The van der Waals surface area contributed by atoms with Crippen molar-refractivity contribution in [2.45, 2.75) is 51.1 Å². The first kappa shape index (κ1) is 18.6. The van der Waals surface area contributed by atoms with E-state index in [1.54, 1.807) is 38.3 Å². The highest BCUT2D eigenvalue weighted by atomic mass is 32.2. The van der Waals surface area contributed by atoms with Crippen LogP contribution in [0.4, 0.5) is 5.69 Å². The fourth-order valence-corrected chi connectivity index (χ4v) is 4.28. The molecule has 1 aliphatic carbocycles. The Balaban J connectivity index is 2.18. The summed E-state index contributed by atoms with van der Waals surface area (Å²) in [4.78, 5) is 12.6. The van der Waals surface area contributed by atoms with Crippen molar-refractivity contribution >= 4 is 21.6 Å². The number of carbonyl (C=O) groups excluding carboxylic acids is 1. The summed E-state index contributed by atoms with van der Waals surface area (Å²) in [6.45, 7) is 1.61. The van der Waals surface area contributed by atoms with Crippen LogP contribution in [0.2, 0.25) is 0 Å². The summed E-state index contributed by atoms with van der Waals surface area (Å²) in [5.74, 6) is 0.370. The Bertz CT molecular complexity index is 652. The average Bonchev–Trinajstić information content (AvgIpc) is 2.55. The van der Waals surface area contributed by atoms with Crippen molar-refractivity contribution in [1.29, 1.82) is 0 Å². The molecule has 0 radical (unpaired) electrons. The zero-order valence-electron chi connectivity index (χ0n) is 14.5. The molecule has 1 amide bonds. The molecule has 1 aromatic rings. The quantitative estimate of drug-likeness (QED) is 0.850. The normalized spacial score (nSPS) is 17.1. The second-order valence-corrected chi connectivity index (χ2v) is 8.14. The van der Waals surface area contributed by atoms with E-state index in [0.29, 0.717) is 11.4 Å². The van der Waals surface area contributed by atoms with Crippen LogP contribution in [-0.4, -0.2) is 39.8 Å². The third-order valence-corrected chi connectivity index (χ3v) is 5.61. The summed E-state index contributed by atoms with van der Waals surface area (Å²) >= 11 is 0. The zero-order chi connectivity index (χ0) is 17.7. The van der Waals surface area contributed by atoms with Gasteiger partial charge in [-0.25, -0.2) is 8.42 Å².